The minimum absolute atomic E-state index is 0.0181. The van der Waals surface area contributed by atoms with Crippen LogP contribution in [-0.2, 0) is 13.0 Å². The van der Waals surface area contributed by atoms with Crippen LogP contribution in [0.25, 0.3) is 0 Å². The molecular weight excluding hydrogens is 362 g/mol. The molecule has 1 amide bonds. The summed E-state index contributed by atoms with van der Waals surface area (Å²) in [7, 11) is 0. The lowest BCUT2D eigenvalue weighted by Crippen LogP contribution is -2.60. The fraction of sp³-hybridized carbons (Fsp3) is 0.458. The van der Waals surface area contributed by atoms with Gasteiger partial charge in [0.1, 0.15) is 5.75 Å². The van der Waals surface area contributed by atoms with Crippen molar-refractivity contribution in [3.63, 3.8) is 0 Å². The molecule has 2 aromatic carbocycles. The van der Waals surface area contributed by atoms with E-state index in [4.69, 9.17) is 4.74 Å². The number of carbonyl (C=O) groups is 1. The monoisotopic (exact) mass is 391 g/mol. The van der Waals surface area contributed by atoms with Gasteiger partial charge in [0.15, 0.2) is 5.72 Å². The van der Waals surface area contributed by atoms with Gasteiger partial charge < -0.3 is 15.0 Å². The van der Waals surface area contributed by atoms with E-state index >= 15 is 0 Å². The van der Waals surface area contributed by atoms with Gasteiger partial charge >= 0.3 is 0 Å². The van der Waals surface area contributed by atoms with Crippen LogP contribution in [0.3, 0.4) is 0 Å². The molecule has 29 heavy (non-hydrogen) atoms. The summed E-state index contributed by atoms with van der Waals surface area (Å²) < 4.78 is 6.26. The molecule has 1 saturated heterocycles. The molecule has 0 aliphatic carbocycles. The Balaban J connectivity index is 1.25. The number of likely N-dealkylation sites (tertiary alicyclic amines) is 1. The van der Waals surface area contributed by atoms with Crippen LogP contribution in [0.15, 0.2) is 42.5 Å². The van der Waals surface area contributed by atoms with Crippen molar-refractivity contribution in [1.29, 1.82) is 0 Å². The van der Waals surface area contributed by atoms with Crippen LogP contribution >= 0.6 is 0 Å². The van der Waals surface area contributed by atoms with Crippen LogP contribution in [0.4, 0.5) is 5.69 Å². The van der Waals surface area contributed by atoms with Gasteiger partial charge in [0, 0.05) is 51.3 Å². The highest BCUT2D eigenvalue weighted by atomic mass is 16.5. The van der Waals surface area contributed by atoms with E-state index in [9.17, 15) is 4.79 Å². The molecule has 5 heteroatoms. The zero-order chi connectivity index (χ0) is 19.8. The van der Waals surface area contributed by atoms with E-state index < -0.39 is 5.72 Å². The third-order valence-electron chi connectivity index (χ3n) is 6.59. The Kier molecular flexibility index (Phi) is 4.70. The van der Waals surface area contributed by atoms with E-state index in [-0.39, 0.29) is 5.91 Å². The molecule has 0 bridgehead atoms. The van der Waals surface area contributed by atoms with Gasteiger partial charge in [-0.3, -0.25) is 9.69 Å². The molecule has 0 radical (unpaired) electrons. The summed E-state index contributed by atoms with van der Waals surface area (Å²) in [6.45, 7) is 7.28. The summed E-state index contributed by atoms with van der Waals surface area (Å²) in [5, 5.41) is 3.13. The third kappa shape index (κ3) is 3.48. The van der Waals surface area contributed by atoms with Crippen LogP contribution in [0.2, 0.25) is 0 Å². The SMILES string of the molecule is CCN1CCCc2cc(CN3CCC4(CC3)NC(=O)c3ccccc3O4)ccc21. The molecule has 152 valence electrons. The molecule has 5 nitrogen and oxygen atoms in total. The average Bonchev–Trinajstić information content (AvgIpc) is 2.75. The molecule has 0 saturated carbocycles. The molecule has 0 unspecified atom stereocenters. The van der Waals surface area contributed by atoms with Crippen molar-refractivity contribution < 1.29 is 9.53 Å². The minimum atomic E-state index is -0.556. The first kappa shape index (κ1) is 18.5. The van der Waals surface area contributed by atoms with Crippen molar-refractivity contribution in [2.45, 2.75) is 44.9 Å². The zero-order valence-electron chi connectivity index (χ0n) is 17.1. The zero-order valence-corrected chi connectivity index (χ0v) is 17.1. The van der Waals surface area contributed by atoms with Crippen LogP contribution < -0.4 is 15.0 Å². The van der Waals surface area contributed by atoms with Gasteiger partial charge in [-0.05, 0) is 49.1 Å². The number of hydrogen-bond donors (Lipinski definition) is 1. The smallest absolute Gasteiger partial charge is 0.258 e. The Bertz CT molecular complexity index is 918. The van der Waals surface area contributed by atoms with Gasteiger partial charge in [-0.2, -0.15) is 0 Å². The Morgan fingerprint density at radius 2 is 1.93 bits per heavy atom. The number of anilines is 1. The maximum Gasteiger partial charge on any atom is 0.258 e. The largest absolute Gasteiger partial charge is 0.467 e. The number of ether oxygens (including phenoxy) is 1. The molecule has 1 spiro atoms. The average molecular weight is 392 g/mol. The van der Waals surface area contributed by atoms with E-state index in [0.29, 0.717) is 11.3 Å². The number of nitrogens with zero attached hydrogens (tertiary/aromatic N) is 2. The fourth-order valence-electron chi connectivity index (χ4n) is 4.97. The Hall–Kier alpha value is -2.53. The lowest BCUT2D eigenvalue weighted by atomic mass is 9.95. The maximum atomic E-state index is 12.5. The Labute approximate surface area is 172 Å². The van der Waals surface area contributed by atoms with Crippen LogP contribution in [0.1, 0.15) is 47.7 Å². The standard InChI is InChI=1S/C24H29N3O2/c1-2-27-13-5-6-19-16-18(9-10-21(19)27)17-26-14-11-24(12-15-26)25-23(28)20-7-3-4-8-22(20)29-24/h3-4,7-10,16H,2,5-6,11-15,17H2,1H3,(H,25,28). The van der Waals surface area contributed by atoms with Crippen molar-refractivity contribution in [2.75, 3.05) is 31.1 Å². The first-order valence-electron chi connectivity index (χ1n) is 10.9. The number of nitrogens with one attached hydrogen (secondary N) is 1. The van der Waals surface area contributed by atoms with Crippen molar-refractivity contribution in [1.82, 2.24) is 10.2 Å². The minimum Gasteiger partial charge on any atom is -0.467 e. The summed E-state index contributed by atoms with van der Waals surface area (Å²) in [6, 6.07) is 14.5. The molecule has 3 aliphatic heterocycles. The number of amides is 1. The second kappa shape index (κ2) is 7.38. The third-order valence-corrected chi connectivity index (χ3v) is 6.59. The van der Waals surface area contributed by atoms with Gasteiger partial charge in [-0.1, -0.05) is 24.3 Å². The van der Waals surface area contributed by atoms with Crippen molar-refractivity contribution >= 4 is 11.6 Å². The van der Waals surface area contributed by atoms with Gasteiger partial charge in [0.2, 0.25) is 0 Å². The van der Waals surface area contributed by atoms with E-state index in [1.165, 1.54) is 36.2 Å². The van der Waals surface area contributed by atoms with Crippen molar-refractivity contribution in [3.8, 4) is 5.75 Å². The molecule has 3 heterocycles. The molecule has 1 N–H and O–H groups in total. The van der Waals surface area contributed by atoms with E-state index in [0.717, 1.165) is 39.0 Å². The summed E-state index contributed by atoms with van der Waals surface area (Å²) in [4.78, 5) is 17.5. The predicted molar refractivity (Wildman–Crippen MR) is 114 cm³/mol. The predicted octanol–water partition coefficient (Wildman–Crippen LogP) is 3.57. The van der Waals surface area contributed by atoms with Crippen LogP contribution in [0.5, 0.6) is 5.75 Å². The van der Waals surface area contributed by atoms with Gasteiger partial charge in [0.25, 0.3) is 5.91 Å². The summed E-state index contributed by atoms with van der Waals surface area (Å²) in [6.07, 6.45) is 4.04. The highest BCUT2D eigenvalue weighted by Gasteiger charge is 2.42. The molecule has 2 aromatic rings. The maximum absolute atomic E-state index is 12.5. The first-order chi connectivity index (χ1) is 14.2. The second-order valence-corrected chi connectivity index (χ2v) is 8.47. The lowest BCUT2D eigenvalue weighted by Gasteiger charge is -2.44. The Morgan fingerprint density at radius 3 is 2.76 bits per heavy atom. The van der Waals surface area contributed by atoms with E-state index in [1.807, 2.05) is 24.3 Å². The molecule has 0 aromatic heterocycles. The number of benzene rings is 2. The molecule has 0 atom stereocenters. The normalized spacial score (nSPS) is 20.6. The second-order valence-electron chi connectivity index (χ2n) is 8.47. The number of rotatable bonds is 3. The van der Waals surface area contributed by atoms with E-state index in [2.05, 4.69) is 40.2 Å². The summed E-state index contributed by atoms with van der Waals surface area (Å²) in [5.74, 6) is 0.690. The number of aryl methyl sites for hydroxylation is 1. The molecular formula is C24H29N3O2. The highest BCUT2D eigenvalue weighted by molar-refractivity contribution is 5.98. The molecule has 5 rings (SSSR count). The number of carbonyl (C=O) groups excluding carboxylic acids is 1. The fourth-order valence-corrected chi connectivity index (χ4v) is 4.97. The topological polar surface area (TPSA) is 44.8 Å². The number of piperidine rings is 1. The molecule has 1 fully saturated rings. The first-order valence-corrected chi connectivity index (χ1v) is 10.9. The van der Waals surface area contributed by atoms with E-state index in [1.54, 1.807) is 0 Å². The summed E-state index contributed by atoms with van der Waals surface area (Å²) in [5.41, 5.74) is 4.37. The summed E-state index contributed by atoms with van der Waals surface area (Å²) >= 11 is 0. The van der Waals surface area contributed by atoms with Crippen LogP contribution in [0, 0.1) is 0 Å². The van der Waals surface area contributed by atoms with Gasteiger partial charge in [0.05, 0.1) is 5.56 Å². The van der Waals surface area contributed by atoms with Gasteiger partial charge in [-0.15, -0.1) is 0 Å². The Morgan fingerprint density at radius 1 is 1.10 bits per heavy atom. The number of hydrogen-bond acceptors (Lipinski definition) is 4. The molecule has 3 aliphatic rings. The van der Waals surface area contributed by atoms with Crippen LogP contribution in [-0.4, -0.2) is 42.7 Å². The number of fused-ring (bicyclic) bond motifs is 2. The van der Waals surface area contributed by atoms with Crippen molar-refractivity contribution in [3.05, 3.63) is 59.2 Å². The van der Waals surface area contributed by atoms with Gasteiger partial charge in [-0.25, -0.2) is 0 Å². The van der Waals surface area contributed by atoms with Crippen molar-refractivity contribution in [2.24, 2.45) is 0 Å². The highest BCUT2D eigenvalue weighted by Crippen LogP contribution is 2.34. The number of para-hydroxylation sites is 1. The lowest BCUT2D eigenvalue weighted by molar-refractivity contribution is -0.0304. The quantitative estimate of drug-likeness (QED) is 0.869.